The van der Waals surface area contributed by atoms with Gasteiger partial charge in [-0.1, -0.05) is 30.3 Å². The lowest BCUT2D eigenvalue weighted by atomic mass is 10.1. The van der Waals surface area contributed by atoms with Crippen LogP contribution in [-0.4, -0.2) is 38.3 Å². The predicted octanol–water partition coefficient (Wildman–Crippen LogP) is 1.07. The lowest BCUT2D eigenvalue weighted by Crippen LogP contribution is -2.44. The van der Waals surface area contributed by atoms with Crippen LogP contribution in [0.1, 0.15) is 12.5 Å². The van der Waals surface area contributed by atoms with Gasteiger partial charge in [0.2, 0.25) is 0 Å². The number of aliphatic carboxylic acids is 1. The first-order valence-corrected chi connectivity index (χ1v) is 6.58. The molecule has 0 saturated heterocycles. The Hall–Kier alpha value is -2.31. The van der Waals surface area contributed by atoms with Crippen molar-refractivity contribution in [3.05, 3.63) is 48.3 Å². The van der Waals surface area contributed by atoms with Gasteiger partial charge in [-0.3, -0.25) is 10.1 Å². The number of nitrogens with one attached hydrogen (secondary N) is 1. The molecule has 1 aromatic carbocycles. The van der Waals surface area contributed by atoms with Crippen LogP contribution >= 0.6 is 0 Å². The smallest absolute Gasteiger partial charge is 0.323 e. The summed E-state index contributed by atoms with van der Waals surface area (Å²) in [5.74, 6) is -0.475. The number of aromatic nitrogens is 2. The summed E-state index contributed by atoms with van der Waals surface area (Å²) in [5, 5.41) is 21.1. The molecule has 6 nitrogen and oxygen atoms in total. The fraction of sp³-hybridized carbons (Fsp3) is 0.267. The molecule has 0 bridgehead atoms. The summed E-state index contributed by atoms with van der Waals surface area (Å²) < 4.78 is 0. The van der Waals surface area contributed by atoms with E-state index in [0.717, 1.165) is 11.1 Å². The van der Waals surface area contributed by atoms with Gasteiger partial charge in [-0.05, 0) is 6.92 Å². The molecule has 2 aromatic rings. The molecule has 1 heterocycles. The maximum Gasteiger partial charge on any atom is 0.323 e. The summed E-state index contributed by atoms with van der Waals surface area (Å²) in [6, 6.07) is 8.56. The van der Waals surface area contributed by atoms with E-state index < -0.39 is 18.1 Å². The molecule has 0 radical (unpaired) electrons. The fourth-order valence-electron chi connectivity index (χ4n) is 1.87. The average Bonchev–Trinajstić information content (AvgIpc) is 2.48. The third kappa shape index (κ3) is 4.08. The molecule has 0 spiro atoms. The molecular formula is C15H17N3O3. The molecule has 2 atom stereocenters. The van der Waals surface area contributed by atoms with E-state index in [0.29, 0.717) is 5.82 Å². The van der Waals surface area contributed by atoms with Gasteiger partial charge in [0.05, 0.1) is 6.10 Å². The zero-order valence-corrected chi connectivity index (χ0v) is 11.6. The van der Waals surface area contributed by atoms with Gasteiger partial charge >= 0.3 is 5.97 Å². The van der Waals surface area contributed by atoms with Crippen LogP contribution < -0.4 is 5.32 Å². The first-order valence-electron chi connectivity index (χ1n) is 6.58. The van der Waals surface area contributed by atoms with Crippen molar-refractivity contribution in [2.24, 2.45) is 0 Å². The minimum atomic E-state index is -1.09. The number of carboxylic acids is 1. The molecule has 0 amide bonds. The third-order valence-electron chi connectivity index (χ3n) is 3.01. The summed E-state index contributed by atoms with van der Waals surface area (Å²) in [6.07, 6.45) is 2.30. The number of hydrogen-bond donors (Lipinski definition) is 3. The van der Waals surface area contributed by atoms with Crippen molar-refractivity contribution < 1.29 is 15.0 Å². The van der Waals surface area contributed by atoms with Crippen molar-refractivity contribution in [2.75, 3.05) is 0 Å². The maximum atomic E-state index is 10.9. The predicted molar refractivity (Wildman–Crippen MR) is 77.4 cm³/mol. The van der Waals surface area contributed by atoms with Gasteiger partial charge < -0.3 is 10.2 Å². The Kier molecular flexibility index (Phi) is 4.97. The van der Waals surface area contributed by atoms with Gasteiger partial charge in [0.25, 0.3) is 0 Å². The highest BCUT2D eigenvalue weighted by Gasteiger charge is 2.22. The molecule has 2 rings (SSSR count). The van der Waals surface area contributed by atoms with E-state index in [1.807, 2.05) is 30.3 Å². The van der Waals surface area contributed by atoms with Crippen LogP contribution in [-0.2, 0) is 11.3 Å². The molecule has 0 saturated carbocycles. The highest BCUT2D eigenvalue weighted by molar-refractivity contribution is 5.74. The Bertz CT molecular complexity index is 585. The van der Waals surface area contributed by atoms with E-state index in [2.05, 4.69) is 15.3 Å². The van der Waals surface area contributed by atoms with Crippen LogP contribution in [0.4, 0.5) is 0 Å². The molecule has 110 valence electrons. The third-order valence-corrected chi connectivity index (χ3v) is 3.01. The van der Waals surface area contributed by atoms with Crippen LogP contribution in [0.5, 0.6) is 0 Å². The summed E-state index contributed by atoms with van der Waals surface area (Å²) in [6.45, 7) is 1.71. The van der Waals surface area contributed by atoms with Crippen molar-refractivity contribution in [1.82, 2.24) is 15.3 Å². The van der Waals surface area contributed by atoms with Crippen LogP contribution in [0.15, 0.2) is 42.7 Å². The first-order chi connectivity index (χ1) is 10.1. The van der Waals surface area contributed by atoms with E-state index in [1.54, 1.807) is 12.4 Å². The standard InChI is InChI=1S/C15H17N3O3/c1-10(19)13(15(20)21)16-7-11-8-17-14(18-9-11)12-5-3-2-4-6-12/h2-6,8-10,13,16,19H,7H2,1H3,(H,20,21)/t10-,13-/m1/s1. The van der Waals surface area contributed by atoms with Crippen LogP contribution in [0, 0.1) is 0 Å². The highest BCUT2D eigenvalue weighted by Crippen LogP contribution is 2.13. The minimum absolute atomic E-state index is 0.275. The maximum absolute atomic E-state index is 10.9. The van der Waals surface area contributed by atoms with Gasteiger partial charge in [0.15, 0.2) is 5.82 Å². The molecular weight excluding hydrogens is 270 g/mol. The number of benzene rings is 1. The van der Waals surface area contributed by atoms with Gasteiger partial charge in [-0.25, -0.2) is 9.97 Å². The van der Waals surface area contributed by atoms with Crippen molar-refractivity contribution >= 4 is 5.97 Å². The SMILES string of the molecule is C[C@@H](O)[C@@H](NCc1cnc(-c2ccccc2)nc1)C(=O)O. The summed E-state index contributed by atoms with van der Waals surface area (Å²) in [4.78, 5) is 19.5. The lowest BCUT2D eigenvalue weighted by molar-refractivity contribution is -0.142. The number of aliphatic hydroxyl groups is 1. The summed E-state index contributed by atoms with van der Waals surface area (Å²) in [7, 11) is 0. The van der Waals surface area contributed by atoms with E-state index in [4.69, 9.17) is 5.11 Å². The lowest BCUT2D eigenvalue weighted by Gasteiger charge is -2.16. The van der Waals surface area contributed by atoms with Crippen LogP contribution in [0.25, 0.3) is 11.4 Å². The van der Waals surface area contributed by atoms with Crippen molar-refractivity contribution in [3.63, 3.8) is 0 Å². The Morgan fingerprint density at radius 2 is 1.86 bits per heavy atom. The number of carboxylic acid groups (broad SMARTS) is 1. The van der Waals surface area contributed by atoms with E-state index in [-0.39, 0.29) is 6.54 Å². The zero-order valence-electron chi connectivity index (χ0n) is 11.6. The van der Waals surface area contributed by atoms with Gasteiger partial charge in [-0.2, -0.15) is 0 Å². The minimum Gasteiger partial charge on any atom is -0.480 e. The van der Waals surface area contributed by atoms with Crippen molar-refractivity contribution in [3.8, 4) is 11.4 Å². The van der Waals surface area contributed by atoms with Crippen LogP contribution in [0.3, 0.4) is 0 Å². The molecule has 0 unspecified atom stereocenters. The van der Waals surface area contributed by atoms with Gasteiger partial charge in [0.1, 0.15) is 6.04 Å². The Balaban J connectivity index is 2.01. The monoisotopic (exact) mass is 287 g/mol. The normalized spacial score (nSPS) is 13.6. The Morgan fingerprint density at radius 3 is 2.38 bits per heavy atom. The zero-order chi connectivity index (χ0) is 15.2. The Morgan fingerprint density at radius 1 is 1.24 bits per heavy atom. The molecule has 3 N–H and O–H groups in total. The number of hydrogen-bond acceptors (Lipinski definition) is 5. The van der Waals surface area contributed by atoms with E-state index in [1.165, 1.54) is 6.92 Å². The molecule has 0 fully saturated rings. The molecule has 0 aliphatic carbocycles. The van der Waals surface area contributed by atoms with Gasteiger partial charge in [-0.15, -0.1) is 0 Å². The van der Waals surface area contributed by atoms with E-state index in [9.17, 15) is 9.90 Å². The average molecular weight is 287 g/mol. The van der Waals surface area contributed by atoms with Crippen LogP contribution in [0.2, 0.25) is 0 Å². The largest absolute Gasteiger partial charge is 0.480 e. The topological polar surface area (TPSA) is 95.3 Å². The molecule has 21 heavy (non-hydrogen) atoms. The number of nitrogens with zero attached hydrogens (tertiary/aromatic N) is 2. The number of aliphatic hydroxyl groups excluding tert-OH is 1. The van der Waals surface area contributed by atoms with Gasteiger partial charge in [0, 0.05) is 30.1 Å². The number of carbonyl (C=O) groups is 1. The quantitative estimate of drug-likeness (QED) is 0.735. The molecule has 1 aromatic heterocycles. The highest BCUT2D eigenvalue weighted by atomic mass is 16.4. The first kappa shape index (κ1) is 15.1. The Labute approximate surface area is 122 Å². The van der Waals surface area contributed by atoms with Crippen molar-refractivity contribution in [1.29, 1.82) is 0 Å². The summed E-state index contributed by atoms with van der Waals surface area (Å²) >= 11 is 0. The van der Waals surface area contributed by atoms with E-state index >= 15 is 0 Å². The molecule has 6 heteroatoms. The van der Waals surface area contributed by atoms with Crippen molar-refractivity contribution in [2.45, 2.75) is 25.6 Å². The molecule has 0 aliphatic heterocycles. The second-order valence-corrected chi connectivity index (χ2v) is 4.72. The second kappa shape index (κ2) is 6.92. The summed E-state index contributed by atoms with van der Waals surface area (Å²) in [5.41, 5.74) is 1.67. The fourth-order valence-corrected chi connectivity index (χ4v) is 1.87. The molecule has 0 aliphatic rings. The number of rotatable bonds is 6. The second-order valence-electron chi connectivity index (χ2n) is 4.72.